The first kappa shape index (κ1) is 23.4. The summed E-state index contributed by atoms with van der Waals surface area (Å²) in [5.41, 5.74) is 11.1. The number of carboxylic acid groups (broad SMARTS) is 1. The van der Waals surface area contributed by atoms with Crippen molar-refractivity contribution in [2.45, 2.75) is 25.9 Å². The summed E-state index contributed by atoms with van der Waals surface area (Å²) in [7, 11) is 0. The van der Waals surface area contributed by atoms with Crippen LogP contribution in [0.4, 0.5) is 18.9 Å². The number of nitriles is 1. The van der Waals surface area contributed by atoms with Gasteiger partial charge in [-0.15, -0.1) is 0 Å². The first-order chi connectivity index (χ1) is 15.4. The minimum atomic E-state index is -4.66. The molecule has 1 atom stereocenters. The zero-order chi connectivity index (χ0) is 24.7. The third-order valence-electron chi connectivity index (χ3n) is 5.45. The molecule has 4 N–H and O–H groups in total. The molecule has 33 heavy (non-hydrogen) atoms. The highest BCUT2D eigenvalue weighted by Gasteiger charge is 2.38. The zero-order valence-electron chi connectivity index (χ0n) is 17.5. The molecule has 170 valence electrons. The van der Waals surface area contributed by atoms with Crippen molar-refractivity contribution in [3.8, 4) is 6.07 Å². The van der Waals surface area contributed by atoms with Crippen molar-refractivity contribution in [3.05, 3.63) is 87.4 Å². The molecule has 3 rings (SSSR count). The highest BCUT2D eigenvalue weighted by Crippen LogP contribution is 2.44. The van der Waals surface area contributed by atoms with E-state index in [4.69, 9.17) is 16.7 Å². The second kappa shape index (κ2) is 8.35. The van der Waals surface area contributed by atoms with Gasteiger partial charge in [-0.3, -0.25) is 4.79 Å². The minimum Gasteiger partial charge on any atom is -0.545 e. The molecule has 1 amide bonds. The lowest BCUT2D eigenvalue weighted by Gasteiger charge is -2.39. The van der Waals surface area contributed by atoms with Crippen LogP contribution in [0.25, 0.3) is 0 Å². The lowest BCUT2D eigenvalue weighted by molar-refractivity contribution is -0.299. The molecule has 1 heterocycles. The Morgan fingerprint density at radius 3 is 2.30 bits per heavy atom. The van der Waals surface area contributed by atoms with Crippen molar-refractivity contribution >= 4 is 17.6 Å². The van der Waals surface area contributed by atoms with Gasteiger partial charge in [0.1, 0.15) is 5.82 Å². The van der Waals surface area contributed by atoms with Gasteiger partial charge in [-0.1, -0.05) is 12.1 Å². The number of amides is 1. The second-order valence-electron chi connectivity index (χ2n) is 7.45. The Morgan fingerprint density at radius 1 is 1.12 bits per heavy atom. The molecule has 10 heteroatoms. The summed E-state index contributed by atoms with van der Waals surface area (Å²) in [6.45, 7) is 2.97. The highest BCUT2D eigenvalue weighted by molar-refractivity contribution is 6.02. The van der Waals surface area contributed by atoms with Crippen LogP contribution in [-0.2, 0) is 15.8 Å². The van der Waals surface area contributed by atoms with Crippen molar-refractivity contribution < 1.29 is 27.9 Å². The van der Waals surface area contributed by atoms with Crippen molar-refractivity contribution in [1.29, 1.82) is 5.26 Å². The van der Waals surface area contributed by atoms with Crippen LogP contribution in [0.1, 0.15) is 35.1 Å². The number of primary amides is 1. The van der Waals surface area contributed by atoms with Crippen LogP contribution in [0.3, 0.4) is 0 Å². The standard InChI is InChI=1S/C23H19F3N4O3/c1-11-8-13(10-27)6-7-16(11)18-17(22(32)33)12(2)30(20(28)19(18)21(29)31)15-5-3-4-14(9-15)23(24,25)26/h3-9,18H,28H2,1-2H3,(H2,29,31)(H,32,33)/p-1. The number of nitrogens with zero attached hydrogens (tertiary/aromatic N) is 2. The molecule has 0 aliphatic carbocycles. The fourth-order valence-electron chi connectivity index (χ4n) is 3.99. The van der Waals surface area contributed by atoms with Gasteiger partial charge in [0.25, 0.3) is 0 Å². The Hall–Kier alpha value is -4.26. The number of aliphatic carboxylic acids is 1. The van der Waals surface area contributed by atoms with Crippen LogP contribution in [0.2, 0.25) is 0 Å². The number of aryl methyl sites for hydroxylation is 1. The first-order valence-electron chi connectivity index (χ1n) is 9.58. The number of hydrogen-bond donors (Lipinski definition) is 2. The molecule has 0 saturated carbocycles. The molecule has 0 aromatic heterocycles. The number of carbonyl (C=O) groups excluding carboxylic acids is 2. The minimum absolute atomic E-state index is 0.0365. The van der Waals surface area contributed by atoms with E-state index in [1.54, 1.807) is 6.92 Å². The topological polar surface area (TPSA) is 136 Å². The molecular weight excluding hydrogens is 437 g/mol. The summed E-state index contributed by atoms with van der Waals surface area (Å²) in [4.78, 5) is 25.7. The maximum Gasteiger partial charge on any atom is 0.416 e. The number of carbonyl (C=O) groups is 2. The van der Waals surface area contributed by atoms with Crippen LogP contribution in [0, 0.1) is 18.3 Å². The van der Waals surface area contributed by atoms with Gasteiger partial charge in [0.15, 0.2) is 0 Å². The quantitative estimate of drug-likeness (QED) is 0.725. The molecule has 0 bridgehead atoms. The van der Waals surface area contributed by atoms with Gasteiger partial charge in [-0.05, 0) is 55.3 Å². The van der Waals surface area contributed by atoms with E-state index in [1.165, 1.54) is 31.2 Å². The number of halogens is 3. The molecule has 0 spiro atoms. The fourth-order valence-corrected chi connectivity index (χ4v) is 3.99. The van der Waals surface area contributed by atoms with Crippen LogP contribution < -0.4 is 21.5 Å². The van der Waals surface area contributed by atoms with E-state index in [0.29, 0.717) is 16.7 Å². The SMILES string of the molecule is CC1=C(C(=O)[O-])C(c2ccc(C#N)cc2C)C(C(N)=O)=C(N)N1c1cccc(C(F)(F)F)c1. The number of rotatable bonds is 4. The third kappa shape index (κ3) is 4.13. The molecule has 2 aromatic rings. The number of allylic oxidation sites excluding steroid dienone is 1. The van der Waals surface area contributed by atoms with Gasteiger partial charge in [0.05, 0.1) is 28.7 Å². The van der Waals surface area contributed by atoms with E-state index in [1.807, 2.05) is 6.07 Å². The average Bonchev–Trinajstić information content (AvgIpc) is 2.72. The molecular formula is C23H18F3N4O3-. The molecule has 0 fully saturated rings. The second-order valence-corrected chi connectivity index (χ2v) is 7.45. The zero-order valence-corrected chi connectivity index (χ0v) is 17.5. The molecule has 7 nitrogen and oxygen atoms in total. The lowest BCUT2D eigenvalue weighted by atomic mass is 9.78. The predicted octanol–water partition coefficient (Wildman–Crippen LogP) is 2.17. The van der Waals surface area contributed by atoms with E-state index < -0.39 is 29.5 Å². The number of nitrogens with two attached hydrogens (primary N) is 2. The largest absolute Gasteiger partial charge is 0.545 e. The van der Waals surface area contributed by atoms with Gasteiger partial charge in [0, 0.05) is 22.9 Å². The van der Waals surface area contributed by atoms with Crippen LogP contribution in [0.5, 0.6) is 0 Å². The van der Waals surface area contributed by atoms with Gasteiger partial charge in [0.2, 0.25) is 5.91 Å². The number of anilines is 1. The first-order valence-corrected chi connectivity index (χ1v) is 9.58. The molecule has 2 aromatic carbocycles. The third-order valence-corrected chi connectivity index (χ3v) is 5.45. The molecule has 1 unspecified atom stereocenters. The van der Waals surface area contributed by atoms with Crippen LogP contribution >= 0.6 is 0 Å². The molecule has 1 aliphatic rings. The molecule has 0 radical (unpaired) electrons. The maximum atomic E-state index is 13.3. The monoisotopic (exact) mass is 455 g/mol. The van der Waals surface area contributed by atoms with Gasteiger partial charge in [-0.25, -0.2) is 0 Å². The van der Waals surface area contributed by atoms with Crippen molar-refractivity contribution in [1.82, 2.24) is 0 Å². The Labute approximate surface area is 187 Å². The van der Waals surface area contributed by atoms with Crippen LogP contribution in [0.15, 0.2) is 65.1 Å². The lowest BCUT2D eigenvalue weighted by Crippen LogP contribution is -2.43. The fraction of sp³-hybridized carbons (Fsp3) is 0.174. The van der Waals surface area contributed by atoms with E-state index in [-0.39, 0.29) is 28.4 Å². The Kier molecular flexibility index (Phi) is 5.92. The summed E-state index contributed by atoms with van der Waals surface area (Å²) in [6, 6.07) is 10.5. The van der Waals surface area contributed by atoms with E-state index in [9.17, 15) is 27.9 Å². The van der Waals surface area contributed by atoms with E-state index in [2.05, 4.69) is 0 Å². The summed E-state index contributed by atoms with van der Waals surface area (Å²) in [6.07, 6.45) is -4.66. The molecule has 0 saturated heterocycles. The maximum absolute atomic E-state index is 13.3. The summed E-state index contributed by atoms with van der Waals surface area (Å²) in [5, 5.41) is 21.3. The number of alkyl halides is 3. The van der Waals surface area contributed by atoms with Crippen molar-refractivity contribution in [2.75, 3.05) is 4.90 Å². The number of benzene rings is 2. The Bertz CT molecular complexity index is 1230. The normalized spacial score (nSPS) is 16.6. The van der Waals surface area contributed by atoms with Gasteiger partial charge >= 0.3 is 6.18 Å². The smallest absolute Gasteiger partial charge is 0.416 e. The molecule has 1 aliphatic heterocycles. The predicted molar refractivity (Wildman–Crippen MR) is 111 cm³/mol. The van der Waals surface area contributed by atoms with E-state index in [0.717, 1.165) is 23.1 Å². The Balaban J connectivity index is 2.33. The average molecular weight is 455 g/mol. The van der Waals surface area contributed by atoms with Crippen molar-refractivity contribution in [3.63, 3.8) is 0 Å². The number of hydrogen-bond acceptors (Lipinski definition) is 6. The Morgan fingerprint density at radius 2 is 1.79 bits per heavy atom. The summed E-state index contributed by atoms with van der Waals surface area (Å²) < 4.78 is 39.8. The van der Waals surface area contributed by atoms with Gasteiger partial charge < -0.3 is 26.3 Å². The summed E-state index contributed by atoms with van der Waals surface area (Å²) >= 11 is 0. The number of carboxylic acids is 1. The highest BCUT2D eigenvalue weighted by atomic mass is 19.4. The van der Waals surface area contributed by atoms with Crippen molar-refractivity contribution in [2.24, 2.45) is 11.5 Å². The van der Waals surface area contributed by atoms with Crippen LogP contribution in [-0.4, -0.2) is 11.9 Å². The van der Waals surface area contributed by atoms with E-state index >= 15 is 0 Å². The summed E-state index contributed by atoms with van der Waals surface area (Å²) in [5.74, 6) is -4.26. The van der Waals surface area contributed by atoms with Gasteiger partial charge in [-0.2, -0.15) is 18.4 Å².